The van der Waals surface area contributed by atoms with Crippen LogP contribution in [-0.2, 0) is 13.0 Å². The number of aromatic nitrogens is 2. The van der Waals surface area contributed by atoms with Crippen molar-refractivity contribution in [2.24, 2.45) is 0 Å². The average Bonchev–Trinajstić information content (AvgIpc) is 2.80. The fourth-order valence-corrected chi connectivity index (χ4v) is 5.05. The van der Waals surface area contributed by atoms with Crippen LogP contribution in [-0.4, -0.2) is 33.4 Å². The maximum absolute atomic E-state index is 13.2. The van der Waals surface area contributed by atoms with E-state index in [1.807, 2.05) is 21.6 Å². The Morgan fingerprint density at radius 3 is 2.48 bits per heavy atom. The van der Waals surface area contributed by atoms with Crippen LogP contribution in [0.2, 0.25) is 0 Å². The summed E-state index contributed by atoms with van der Waals surface area (Å²) >= 11 is 0. The molecule has 5 rings (SSSR count). The van der Waals surface area contributed by atoms with Crippen molar-refractivity contribution in [1.29, 1.82) is 0 Å². The maximum Gasteiger partial charge on any atom is 0.261 e. The molecule has 0 N–H and O–H groups in total. The molecule has 5 heteroatoms. The molecule has 160 valence electrons. The van der Waals surface area contributed by atoms with Gasteiger partial charge in [0.2, 0.25) is 0 Å². The molecule has 31 heavy (non-hydrogen) atoms. The number of benzene rings is 2. The van der Waals surface area contributed by atoms with Crippen molar-refractivity contribution < 1.29 is 4.79 Å². The molecule has 0 unspecified atom stereocenters. The van der Waals surface area contributed by atoms with Crippen LogP contribution in [0, 0.1) is 0 Å². The molecule has 0 spiro atoms. The minimum Gasteiger partial charge on any atom is -0.339 e. The van der Waals surface area contributed by atoms with Gasteiger partial charge in [0.1, 0.15) is 5.82 Å². The Morgan fingerprint density at radius 2 is 1.68 bits per heavy atom. The van der Waals surface area contributed by atoms with Crippen LogP contribution in [0.15, 0.2) is 53.3 Å². The second kappa shape index (κ2) is 8.66. The third-order valence-electron chi connectivity index (χ3n) is 6.87. The molecule has 2 aliphatic heterocycles. The van der Waals surface area contributed by atoms with Gasteiger partial charge in [-0.05, 0) is 55.4 Å². The molecule has 0 bridgehead atoms. The van der Waals surface area contributed by atoms with Gasteiger partial charge >= 0.3 is 0 Å². The summed E-state index contributed by atoms with van der Waals surface area (Å²) in [6.45, 7) is 2.27. The van der Waals surface area contributed by atoms with Gasteiger partial charge in [-0.3, -0.25) is 14.2 Å². The van der Waals surface area contributed by atoms with Gasteiger partial charge in [0.25, 0.3) is 11.5 Å². The first-order chi connectivity index (χ1) is 15.2. The van der Waals surface area contributed by atoms with E-state index in [4.69, 9.17) is 4.98 Å². The minimum atomic E-state index is 0.0320. The Kier molecular flexibility index (Phi) is 5.58. The van der Waals surface area contributed by atoms with Gasteiger partial charge < -0.3 is 4.90 Å². The highest BCUT2D eigenvalue weighted by Crippen LogP contribution is 2.28. The van der Waals surface area contributed by atoms with Crippen molar-refractivity contribution >= 4 is 16.8 Å². The van der Waals surface area contributed by atoms with E-state index in [2.05, 4.69) is 24.3 Å². The standard InChI is InChI=1S/C26H29N3O2/c30-25(28-16-13-20(14-17-28)19-8-4-3-5-9-19)21-11-12-22-23(18-21)27-24-10-6-1-2-7-15-29(24)26(22)31/h3-5,8-9,11-12,18,20H,1-2,6-7,10,13-17H2. The summed E-state index contributed by atoms with van der Waals surface area (Å²) < 4.78 is 1.84. The fraction of sp³-hybridized carbons (Fsp3) is 0.423. The van der Waals surface area contributed by atoms with E-state index < -0.39 is 0 Å². The molecule has 2 aliphatic rings. The Labute approximate surface area is 182 Å². The lowest BCUT2D eigenvalue weighted by molar-refractivity contribution is 0.0713. The number of carbonyl (C=O) groups excluding carboxylic acids is 1. The van der Waals surface area contributed by atoms with Gasteiger partial charge in [0.05, 0.1) is 10.9 Å². The molecule has 0 aliphatic carbocycles. The molecule has 0 radical (unpaired) electrons. The summed E-state index contributed by atoms with van der Waals surface area (Å²) in [5.74, 6) is 1.43. The van der Waals surface area contributed by atoms with Crippen LogP contribution in [0.1, 0.15) is 66.2 Å². The van der Waals surface area contributed by atoms with Gasteiger partial charge in [-0.1, -0.05) is 43.2 Å². The van der Waals surface area contributed by atoms with Crippen molar-refractivity contribution in [3.05, 3.63) is 75.8 Å². The number of piperidine rings is 1. The number of amides is 1. The summed E-state index contributed by atoms with van der Waals surface area (Å²) in [4.78, 5) is 33.0. The van der Waals surface area contributed by atoms with Crippen LogP contribution in [0.25, 0.3) is 10.9 Å². The van der Waals surface area contributed by atoms with Gasteiger partial charge in [-0.15, -0.1) is 0 Å². The van der Waals surface area contributed by atoms with Crippen molar-refractivity contribution in [2.75, 3.05) is 13.1 Å². The number of rotatable bonds is 2. The minimum absolute atomic E-state index is 0.0320. The molecule has 0 saturated carbocycles. The van der Waals surface area contributed by atoms with E-state index in [0.717, 1.165) is 57.6 Å². The van der Waals surface area contributed by atoms with Gasteiger partial charge in [-0.25, -0.2) is 4.98 Å². The molecule has 0 atom stereocenters. The SMILES string of the molecule is O=C(c1ccc2c(=O)n3c(nc2c1)CCCCCC3)N1CCC(c2ccccc2)CC1. The first-order valence-corrected chi connectivity index (χ1v) is 11.6. The molecule has 5 nitrogen and oxygen atoms in total. The predicted molar refractivity (Wildman–Crippen MR) is 122 cm³/mol. The molecule has 1 amide bonds. The van der Waals surface area contributed by atoms with E-state index in [-0.39, 0.29) is 11.5 Å². The van der Waals surface area contributed by atoms with E-state index >= 15 is 0 Å². The molecular formula is C26H29N3O2. The monoisotopic (exact) mass is 415 g/mol. The van der Waals surface area contributed by atoms with Crippen LogP contribution >= 0.6 is 0 Å². The van der Waals surface area contributed by atoms with E-state index in [1.165, 1.54) is 18.4 Å². The highest BCUT2D eigenvalue weighted by Gasteiger charge is 2.25. The van der Waals surface area contributed by atoms with Crippen molar-refractivity contribution in [1.82, 2.24) is 14.5 Å². The van der Waals surface area contributed by atoms with E-state index in [1.54, 1.807) is 12.1 Å². The predicted octanol–water partition coefficient (Wildman–Crippen LogP) is 4.53. The Bertz CT molecular complexity index is 1140. The molecule has 3 aromatic rings. The Hall–Kier alpha value is -2.95. The normalized spacial score (nSPS) is 17.7. The first-order valence-electron chi connectivity index (χ1n) is 11.6. The van der Waals surface area contributed by atoms with Crippen LogP contribution in [0.3, 0.4) is 0 Å². The third-order valence-corrected chi connectivity index (χ3v) is 6.87. The molecule has 3 heterocycles. The average molecular weight is 416 g/mol. The summed E-state index contributed by atoms with van der Waals surface area (Å²) in [6.07, 6.45) is 7.23. The van der Waals surface area contributed by atoms with Gasteiger partial charge in [0, 0.05) is 31.6 Å². The zero-order valence-corrected chi connectivity index (χ0v) is 17.9. The zero-order chi connectivity index (χ0) is 21.2. The summed E-state index contributed by atoms with van der Waals surface area (Å²) in [7, 11) is 0. The zero-order valence-electron chi connectivity index (χ0n) is 17.9. The highest BCUT2D eigenvalue weighted by molar-refractivity contribution is 5.97. The summed E-state index contributed by atoms with van der Waals surface area (Å²) in [6, 6.07) is 16.0. The van der Waals surface area contributed by atoms with E-state index in [9.17, 15) is 9.59 Å². The van der Waals surface area contributed by atoms with E-state index in [0.29, 0.717) is 22.4 Å². The Morgan fingerprint density at radius 1 is 0.903 bits per heavy atom. The van der Waals surface area contributed by atoms with Crippen LogP contribution < -0.4 is 5.56 Å². The number of carbonyl (C=O) groups is 1. The number of likely N-dealkylation sites (tertiary alicyclic amines) is 1. The van der Waals surface area contributed by atoms with Crippen molar-refractivity contribution in [3.8, 4) is 0 Å². The van der Waals surface area contributed by atoms with Crippen molar-refractivity contribution in [2.45, 2.75) is 57.4 Å². The molecule has 1 aromatic heterocycles. The topological polar surface area (TPSA) is 55.2 Å². The second-order valence-corrected chi connectivity index (χ2v) is 8.86. The third kappa shape index (κ3) is 4.01. The van der Waals surface area contributed by atoms with Crippen LogP contribution in [0.5, 0.6) is 0 Å². The highest BCUT2D eigenvalue weighted by atomic mass is 16.2. The summed E-state index contributed by atoms with van der Waals surface area (Å²) in [5.41, 5.74) is 2.68. The number of hydrogen-bond acceptors (Lipinski definition) is 3. The summed E-state index contributed by atoms with van der Waals surface area (Å²) in [5, 5.41) is 0.614. The first kappa shape index (κ1) is 20.0. The van der Waals surface area contributed by atoms with Gasteiger partial charge in [0.15, 0.2) is 0 Å². The number of nitrogens with zero attached hydrogens (tertiary/aromatic N) is 3. The van der Waals surface area contributed by atoms with Gasteiger partial charge in [-0.2, -0.15) is 0 Å². The number of fused-ring (bicyclic) bond motifs is 2. The quantitative estimate of drug-likeness (QED) is 0.618. The lowest BCUT2D eigenvalue weighted by atomic mass is 9.89. The van der Waals surface area contributed by atoms with Crippen LogP contribution in [0.4, 0.5) is 0 Å². The molecular weight excluding hydrogens is 386 g/mol. The number of hydrogen-bond donors (Lipinski definition) is 0. The molecule has 2 aromatic carbocycles. The fourth-order valence-electron chi connectivity index (χ4n) is 5.05. The smallest absolute Gasteiger partial charge is 0.261 e. The molecule has 1 fully saturated rings. The lowest BCUT2D eigenvalue weighted by Crippen LogP contribution is -2.38. The maximum atomic E-state index is 13.2. The lowest BCUT2D eigenvalue weighted by Gasteiger charge is -2.32. The largest absolute Gasteiger partial charge is 0.339 e. The molecule has 1 saturated heterocycles. The Balaban J connectivity index is 1.37. The second-order valence-electron chi connectivity index (χ2n) is 8.86. The van der Waals surface area contributed by atoms with Crippen molar-refractivity contribution in [3.63, 3.8) is 0 Å². The number of aryl methyl sites for hydroxylation is 1.